The predicted molar refractivity (Wildman–Crippen MR) is 93.0 cm³/mol. The van der Waals surface area contributed by atoms with E-state index in [1.54, 1.807) is 12.1 Å². The number of hydrogen-bond acceptors (Lipinski definition) is 6. The summed E-state index contributed by atoms with van der Waals surface area (Å²) in [5, 5.41) is 31.5. The van der Waals surface area contributed by atoms with Crippen LogP contribution in [0, 0.1) is 10.1 Å². The molecule has 0 saturated carbocycles. The number of carboxylic acid groups (broad SMARTS) is 1. The number of carboxylic acids is 1. The Morgan fingerprint density at radius 3 is 2.44 bits per heavy atom. The Hall–Kier alpha value is -3.07. The van der Waals surface area contributed by atoms with Gasteiger partial charge < -0.3 is 15.5 Å². The normalized spacial score (nSPS) is 10.2. The number of phenolic OH excluding ortho intramolecular Hbond substituents is 1. The Labute approximate surface area is 146 Å². The maximum absolute atomic E-state index is 11.9. The Morgan fingerprint density at radius 1 is 1.16 bits per heavy atom. The van der Waals surface area contributed by atoms with Crippen LogP contribution in [-0.4, -0.2) is 32.8 Å². The van der Waals surface area contributed by atoms with Crippen LogP contribution in [0.3, 0.4) is 0 Å². The van der Waals surface area contributed by atoms with Crippen LogP contribution in [-0.2, 0) is 10.5 Å². The van der Waals surface area contributed by atoms with Gasteiger partial charge in [0.25, 0.3) is 5.69 Å². The molecular formula is C16H14N2O6S. The van der Waals surface area contributed by atoms with E-state index in [0.29, 0.717) is 5.75 Å². The fraction of sp³-hybridized carbons (Fsp3) is 0.125. The number of non-ortho nitro benzene ring substituents is 1. The Bertz CT molecular complexity index is 807. The van der Waals surface area contributed by atoms with Gasteiger partial charge in [-0.05, 0) is 23.8 Å². The van der Waals surface area contributed by atoms with Crippen molar-refractivity contribution in [2.75, 3.05) is 11.1 Å². The highest BCUT2D eigenvalue weighted by atomic mass is 32.2. The van der Waals surface area contributed by atoms with E-state index in [9.17, 15) is 24.8 Å². The van der Waals surface area contributed by atoms with Crippen molar-refractivity contribution in [1.82, 2.24) is 0 Å². The van der Waals surface area contributed by atoms with Crippen LogP contribution in [0.15, 0.2) is 42.5 Å². The molecule has 25 heavy (non-hydrogen) atoms. The zero-order chi connectivity index (χ0) is 18.4. The minimum absolute atomic E-state index is 0.0000216. The SMILES string of the molecule is O=C(CSCc1ccc([N+](=O)[O-])cc1)Nc1ccc(O)cc1C(=O)O. The summed E-state index contributed by atoms with van der Waals surface area (Å²) in [4.78, 5) is 33.1. The fourth-order valence-electron chi connectivity index (χ4n) is 1.98. The number of anilines is 1. The third kappa shape index (κ3) is 5.21. The van der Waals surface area contributed by atoms with Crippen molar-refractivity contribution in [3.63, 3.8) is 0 Å². The summed E-state index contributed by atoms with van der Waals surface area (Å²) in [5.41, 5.74) is 0.735. The zero-order valence-corrected chi connectivity index (χ0v) is 13.7. The number of nitrogens with one attached hydrogen (secondary N) is 1. The maximum atomic E-state index is 11.9. The first-order chi connectivity index (χ1) is 11.9. The average molecular weight is 362 g/mol. The first-order valence-electron chi connectivity index (χ1n) is 7.04. The molecule has 0 spiro atoms. The van der Waals surface area contributed by atoms with Gasteiger partial charge >= 0.3 is 5.97 Å². The van der Waals surface area contributed by atoms with Crippen molar-refractivity contribution in [3.05, 3.63) is 63.7 Å². The lowest BCUT2D eigenvalue weighted by Gasteiger charge is -2.09. The Kier molecular flexibility index (Phi) is 5.96. The highest BCUT2D eigenvalue weighted by Crippen LogP contribution is 2.22. The van der Waals surface area contributed by atoms with E-state index in [0.717, 1.165) is 11.6 Å². The summed E-state index contributed by atoms with van der Waals surface area (Å²) in [5.74, 6) is -1.29. The first kappa shape index (κ1) is 18.3. The summed E-state index contributed by atoms with van der Waals surface area (Å²) in [6.07, 6.45) is 0. The summed E-state index contributed by atoms with van der Waals surface area (Å²) >= 11 is 1.29. The number of aromatic carboxylic acids is 1. The molecule has 2 aromatic carbocycles. The Morgan fingerprint density at radius 2 is 1.84 bits per heavy atom. The number of nitrogens with zero attached hydrogens (tertiary/aromatic N) is 1. The van der Waals surface area contributed by atoms with Gasteiger partial charge in [0.05, 0.1) is 21.9 Å². The summed E-state index contributed by atoms with van der Waals surface area (Å²) in [7, 11) is 0. The molecule has 0 fully saturated rings. The number of benzene rings is 2. The summed E-state index contributed by atoms with van der Waals surface area (Å²) < 4.78 is 0. The largest absolute Gasteiger partial charge is 0.508 e. The molecule has 2 rings (SSSR count). The number of carbonyl (C=O) groups is 2. The molecule has 9 heteroatoms. The molecule has 1 amide bonds. The number of phenols is 1. The van der Waals surface area contributed by atoms with E-state index in [1.165, 1.54) is 36.0 Å². The topological polar surface area (TPSA) is 130 Å². The number of aromatic hydroxyl groups is 1. The number of carbonyl (C=O) groups excluding carboxylic acids is 1. The molecule has 0 saturated heterocycles. The standard InChI is InChI=1S/C16H14N2O6S/c19-12-5-6-14(13(7-12)16(21)22)17-15(20)9-25-8-10-1-3-11(4-2-10)18(23)24/h1-7,19H,8-9H2,(H,17,20)(H,21,22). The van der Waals surface area contributed by atoms with Crippen molar-refractivity contribution in [2.24, 2.45) is 0 Å². The van der Waals surface area contributed by atoms with Crippen molar-refractivity contribution >= 4 is 35.0 Å². The zero-order valence-electron chi connectivity index (χ0n) is 12.8. The van der Waals surface area contributed by atoms with Gasteiger partial charge in [0, 0.05) is 17.9 Å². The van der Waals surface area contributed by atoms with E-state index in [4.69, 9.17) is 5.11 Å². The average Bonchev–Trinajstić information content (AvgIpc) is 2.56. The smallest absolute Gasteiger partial charge is 0.337 e. The van der Waals surface area contributed by atoms with Gasteiger partial charge in [-0.3, -0.25) is 14.9 Å². The van der Waals surface area contributed by atoms with Crippen LogP contribution in [0.5, 0.6) is 5.75 Å². The highest BCUT2D eigenvalue weighted by Gasteiger charge is 2.13. The minimum Gasteiger partial charge on any atom is -0.508 e. The lowest BCUT2D eigenvalue weighted by molar-refractivity contribution is -0.384. The molecule has 130 valence electrons. The predicted octanol–water partition coefficient (Wildman–Crippen LogP) is 2.87. The molecule has 0 unspecified atom stereocenters. The van der Waals surface area contributed by atoms with Crippen LogP contribution in [0.2, 0.25) is 0 Å². The molecular weight excluding hydrogens is 348 g/mol. The molecule has 0 aliphatic heterocycles. The molecule has 3 N–H and O–H groups in total. The van der Waals surface area contributed by atoms with Crippen LogP contribution >= 0.6 is 11.8 Å². The summed E-state index contributed by atoms with van der Waals surface area (Å²) in [6.45, 7) is 0. The van der Waals surface area contributed by atoms with Gasteiger partial charge in [-0.2, -0.15) is 0 Å². The van der Waals surface area contributed by atoms with Crippen LogP contribution in [0.1, 0.15) is 15.9 Å². The van der Waals surface area contributed by atoms with Gasteiger partial charge in [-0.25, -0.2) is 4.79 Å². The quantitative estimate of drug-likeness (QED) is 0.392. The fourth-order valence-corrected chi connectivity index (χ4v) is 2.77. The molecule has 0 aromatic heterocycles. The van der Waals surface area contributed by atoms with Crippen molar-refractivity contribution in [2.45, 2.75) is 5.75 Å². The third-order valence-corrected chi connectivity index (χ3v) is 4.16. The molecule has 0 bridgehead atoms. The van der Waals surface area contributed by atoms with Crippen LogP contribution in [0.25, 0.3) is 0 Å². The molecule has 0 aliphatic rings. The number of amides is 1. The number of rotatable bonds is 7. The lowest BCUT2D eigenvalue weighted by atomic mass is 10.1. The van der Waals surface area contributed by atoms with E-state index in [2.05, 4.69) is 5.32 Å². The second kappa shape index (κ2) is 8.15. The summed E-state index contributed by atoms with van der Waals surface area (Å²) in [6, 6.07) is 9.68. The van der Waals surface area contributed by atoms with Crippen molar-refractivity contribution < 1.29 is 24.7 Å². The Balaban J connectivity index is 1.89. The van der Waals surface area contributed by atoms with E-state index >= 15 is 0 Å². The number of thioether (sulfide) groups is 1. The van der Waals surface area contributed by atoms with Crippen molar-refractivity contribution in [1.29, 1.82) is 0 Å². The second-order valence-corrected chi connectivity index (χ2v) is 5.99. The maximum Gasteiger partial charge on any atom is 0.337 e. The number of nitro groups is 1. The molecule has 0 aliphatic carbocycles. The third-order valence-electron chi connectivity index (χ3n) is 3.16. The molecule has 2 aromatic rings. The molecule has 0 atom stereocenters. The monoisotopic (exact) mass is 362 g/mol. The molecule has 8 nitrogen and oxygen atoms in total. The van der Waals surface area contributed by atoms with E-state index < -0.39 is 10.9 Å². The van der Waals surface area contributed by atoms with Gasteiger partial charge in [0.1, 0.15) is 5.75 Å². The van der Waals surface area contributed by atoms with Gasteiger partial charge in [0.2, 0.25) is 5.91 Å². The van der Waals surface area contributed by atoms with Gasteiger partial charge in [-0.1, -0.05) is 12.1 Å². The number of hydrogen-bond donors (Lipinski definition) is 3. The van der Waals surface area contributed by atoms with Crippen molar-refractivity contribution in [3.8, 4) is 5.75 Å². The second-order valence-electron chi connectivity index (χ2n) is 5.00. The van der Waals surface area contributed by atoms with E-state index in [-0.39, 0.29) is 34.3 Å². The minimum atomic E-state index is -1.26. The molecule has 0 heterocycles. The van der Waals surface area contributed by atoms with E-state index in [1.807, 2.05) is 0 Å². The first-order valence-corrected chi connectivity index (χ1v) is 8.19. The van der Waals surface area contributed by atoms with Gasteiger partial charge in [-0.15, -0.1) is 11.8 Å². The van der Waals surface area contributed by atoms with Crippen LogP contribution < -0.4 is 5.32 Å². The number of nitro benzene ring substituents is 1. The molecule has 0 radical (unpaired) electrons. The highest BCUT2D eigenvalue weighted by molar-refractivity contribution is 7.99. The lowest BCUT2D eigenvalue weighted by Crippen LogP contribution is -2.16. The van der Waals surface area contributed by atoms with Gasteiger partial charge in [0.15, 0.2) is 0 Å². The van der Waals surface area contributed by atoms with Crippen LogP contribution in [0.4, 0.5) is 11.4 Å².